The summed E-state index contributed by atoms with van der Waals surface area (Å²) in [6.07, 6.45) is -0.139. The monoisotopic (exact) mass is 377 g/mol. The zero-order chi connectivity index (χ0) is 19.9. The van der Waals surface area contributed by atoms with Crippen molar-refractivity contribution in [1.29, 1.82) is 0 Å². The van der Waals surface area contributed by atoms with E-state index in [1.165, 1.54) is 16.3 Å². The maximum atomic E-state index is 11.6. The third-order valence-corrected chi connectivity index (χ3v) is 4.87. The number of fused-ring (bicyclic) bond motifs is 1. The van der Waals surface area contributed by atoms with E-state index in [1.807, 2.05) is 19.1 Å². The zero-order valence-corrected chi connectivity index (χ0v) is 16.4. The fourth-order valence-corrected chi connectivity index (χ4v) is 3.10. The summed E-state index contributed by atoms with van der Waals surface area (Å²) in [6, 6.07) is 21.9. The number of nitrogens with one attached hydrogen (secondary N) is 1. The molecule has 28 heavy (non-hydrogen) atoms. The van der Waals surface area contributed by atoms with Crippen molar-refractivity contribution >= 4 is 16.6 Å². The highest BCUT2D eigenvalue weighted by molar-refractivity contribution is 5.95. The molecule has 0 aliphatic heterocycles. The van der Waals surface area contributed by atoms with Crippen LogP contribution in [-0.4, -0.2) is 30.1 Å². The third-order valence-electron chi connectivity index (χ3n) is 4.87. The molecular formula is C24H27NO3. The van der Waals surface area contributed by atoms with Gasteiger partial charge in [0.05, 0.1) is 0 Å². The number of ether oxygens (including phenoxy) is 1. The highest BCUT2D eigenvalue weighted by Crippen LogP contribution is 2.20. The molecule has 0 aromatic heterocycles. The average Bonchev–Trinajstić information content (AvgIpc) is 2.75. The van der Waals surface area contributed by atoms with Crippen molar-refractivity contribution in [3.05, 3.63) is 77.9 Å². The van der Waals surface area contributed by atoms with Crippen molar-refractivity contribution in [2.24, 2.45) is 0 Å². The number of Topliss-reactive ketones (excluding diaryl/α,β-unsaturated/α-hetero) is 1. The van der Waals surface area contributed by atoms with Gasteiger partial charge in [-0.2, -0.15) is 0 Å². The van der Waals surface area contributed by atoms with Gasteiger partial charge in [0.2, 0.25) is 0 Å². The first kappa shape index (κ1) is 20.1. The van der Waals surface area contributed by atoms with Crippen molar-refractivity contribution < 1.29 is 14.6 Å². The van der Waals surface area contributed by atoms with Crippen LogP contribution in [0.1, 0.15) is 42.2 Å². The number of rotatable bonds is 9. The van der Waals surface area contributed by atoms with E-state index in [-0.39, 0.29) is 18.4 Å². The molecule has 0 heterocycles. The van der Waals surface area contributed by atoms with Gasteiger partial charge in [-0.25, -0.2) is 0 Å². The van der Waals surface area contributed by atoms with Crippen molar-refractivity contribution in [2.75, 3.05) is 13.2 Å². The Bertz CT molecular complexity index is 921. The van der Waals surface area contributed by atoms with E-state index in [2.05, 4.69) is 42.6 Å². The molecule has 146 valence electrons. The molecule has 2 atom stereocenters. The Morgan fingerprint density at radius 3 is 2.46 bits per heavy atom. The van der Waals surface area contributed by atoms with E-state index in [4.69, 9.17) is 4.74 Å². The molecule has 0 saturated heterocycles. The van der Waals surface area contributed by atoms with Gasteiger partial charge in [0.15, 0.2) is 5.78 Å². The predicted molar refractivity (Wildman–Crippen MR) is 113 cm³/mol. The number of hydrogen-bond acceptors (Lipinski definition) is 4. The Kier molecular flexibility index (Phi) is 6.80. The summed E-state index contributed by atoms with van der Waals surface area (Å²) in [5.74, 6) is 0.757. The molecule has 3 rings (SSSR count). The number of ketones is 1. The van der Waals surface area contributed by atoms with Gasteiger partial charge in [-0.15, -0.1) is 0 Å². The summed E-state index contributed by atoms with van der Waals surface area (Å²) in [5.41, 5.74) is 1.87. The first-order valence-electron chi connectivity index (χ1n) is 9.73. The lowest BCUT2D eigenvalue weighted by Gasteiger charge is -2.18. The molecule has 2 N–H and O–H groups in total. The number of benzene rings is 3. The van der Waals surface area contributed by atoms with Crippen LogP contribution in [0.3, 0.4) is 0 Å². The first-order valence-corrected chi connectivity index (χ1v) is 9.73. The molecule has 0 amide bonds. The Hall–Kier alpha value is -2.69. The normalized spacial score (nSPS) is 13.2. The molecule has 0 fully saturated rings. The summed E-state index contributed by atoms with van der Waals surface area (Å²) in [4.78, 5) is 11.6. The number of aliphatic hydroxyl groups is 1. The molecule has 0 aliphatic rings. The number of carbonyl (C=O) groups is 1. The van der Waals surface area contributed by atoms with Gasteiger partial charge >= 0.3 is 0 Å². The highest BCUT2D eigenvalue weighted by Gasteiger charge is 2.10. The lowest BCUT2D eigenvalue weighted by atomic mass is 10.0. The van der Waals surface area contributed by atoms with Gasteiger partial charge in [0, 0.05) is 24.6 Å². The fraction of sp³-hybridized carbons (Fsp3) is 0.292. The second-order valence-electron chi connectivity index (χ2n) is 7.00. The van der Waals surface area contributed by atoms with Gasteiger partial charge in [-0.05, 0) is 53.6 Å². The van der Waals surface area contributed by atoms with Crippen molar-refractivity contribution in [1.82, 2.24) is 5.32 Å². The second-order valence-corrected chi connectivity index (χ2v) is 7.00. The Balaban J connectivity index is 1.47. The van der Waals surface area contributed by atoms with E-state index in [1.54, 1.807) is 24.3 Å². The van der Waals surface area contributed by atoms with Crippen LogP contribution in [0, 0.1) is 0 Å². The van der Waals surface area contributed by atoms with Crippen molar-refractivity contribution in [3.8, 4) is 5.75 Å². The summed E-state index contributed by atoms with van der Waals surface area (Å²) in [7, 11) is 0. The third kappa shape index (κ3) is 5.18. The summed E-state index contributed by atoms with van der Waals surface area (Å²) in [6.45, 7) is 4.55. The Morgan fingerprint density at radius 2 is 1.75 bits per heavy atom. The van der Waals surface area contributed by atoms with Crippen LogP contribution in [0.2, 0.25) is 0 Å². The van der Waals surface area contributed by atoms with E-state index in [0.717, 1.165) is 0 Å². The molecule has 4 nitrogen and oxygen atoms in total. The largest absolute Gasteiger partial charge is 0.491 e. The minimum atomic E-state index is -0.625. The van der Waals surface area contributed by atoms with Crippen LogP contribution < -0.4 is 10.1 Å². The molecule has 0 unspecified atom stereocenters. The summed E-state index contributed by atoms with van der Waals surface area (Å²) >= 11 is 0. The molecule has 3 aromatic carbocycles. The topological polar surface area (TPSA) is 58.6 Å². The van der Waals surface area contributed by atoms with E-state index >= 15 is 0 Å². The lowest BCUT2D eigenvalue weighted by molar-refractivity contribution is 0.0986. The molecule has 4 heteroatoms. The van der Waals surface area contributed by atoms with E-state index < -0.39 is 6.10 Å². The van der Waals surface area contributed by atoms with Crippen LogP contribution >= 0.6 is 0 Å². The first-order chi connectivity index (χ1) is 13.6. The van der Waals surface area contributed by atoms with Gasteiger partial charge in [0.25, 0.3) is 0 Å². The Labute approximate surface area is 166 Å². The standard InChI is InChI=1S/C24H27NO3/c1-3-24(27)19-10-12-23(13-11-19)28-16-22(26)15-25-17(2)20-9-8-18-6-4-5-7-21(18)14-20/h4-14,17,22,25-26H,3,15-16H2,1-2H3/t17-,22-/m1/s1. The van der Waals surface area contributed by atoms with Crippen LogP contribution in [-0.2, 0) is 0 Å². The molecule has 0 aliphatic carbocycles. The van der Waals surface area contributed by atoms with Gasteiger partial charge in [-0.3, -0.25) is 4.79 Å². The molecule has 3 aromatic rings. The van der Waals surface area contributed by atoms with E-state index in [9.17, 15) is 9.90 Å². The lowest BCUT2D eigenvalue weighted by Crippen LogP contribution is -2.33. The van der Waals surface area contributed by atoms with Gasteiger partial charge in [0.1, 0.15) is 18.5 Å². The molecule has 0 saturated carbocycles. The van der Waals surface area contributed by atoms with Crippen molar-refractivity contribution in [3.63, 3.8) is 0 Å². The molecular weight excluding hydrogens is 350 g/mol. The van der Waals surface area contributed by atoms with Gasteiger partial charge in [-0.1, -0.05) is 43.3 Å². The van der Waals surface area contributed by atoms with E-state index in [0.29, 0.717) is 24.3 Å². The fourth-order valence-electron chi connectivity index (χ4n) is 3.10. The van der Waals surface area contributed by atoms with Gasteiger partial charge < -0.3 is 15.2 Å². The number of aliphatic hydroxyl groups excluding tert-OH is 1. The molecule has 0 spiro atoms. The number of hydrogen-bond donors (Lipinski definition) is 2. The predicted octanol–water partition coefficient (Wildman–Crippen LogP) is 4.52. The van der Waals surface area contributed by atoms with Crippen LogP contribution in [0.4, 0.5) is 0 Å². The maximum absolute atomic E-state index is 11.6. The van der Waals surface area contributed by atoms with Crippen molar-refractivity contribution in [2.45, 2.75) is 32.4 Å². The summed E-state index contributed by atoms with van der Waals surface area (Å²) < 4.78 is 5.63. The summed E-state index contributed by atoms with van der Waals surface area (Å²) in [5, 5.41) is 16.0. The Morgan fingerprint density at radius 1 is 1.04 bits per heavy atom. The molecule has 0 radical (unpaired) electrons. The zero-order valence-electron chi connectivity index (χ0n) is 16.4. The van der Waals surface area contributed by atoms with Crippen LogP contribution in [0.25, 0.3) is 10.8 Å². The van der Waals surface area contributed by atoms with Crippen LogP contribution in [0.15, 0.2) is 66.7 Å². The minimum absolute atomic E-state index is 0.110. The highest BCUT2D eigenvalue weighted by atomic mass is 16.5. The van der Waals surface area contributed by atoms with Crippen LogP contribution in [0.5, 0.6) is 5.75 Å². The quantitative estimate of drug-likeness (QED) is 0.538. The SMILES string of the molecule is CCC(=O)c1ccc(OC[C@H](O)CN[C@H](C)c2ccc3ccccc3c2)cc1. The number of carbonyl (C=O) groups excluding carboxylic acids is 1. The molecule has 0 bridgehead atoms. The smallest absolute Gasteiger partial charge is 0.162 e. The second kappa shape index (κ2) is 9.49. The average molecular weight is 377 g/mol. The minimum Gasteiger partial charge on any atom is -0.491 e. The maximum Gasteiger partial charge on any atom is 0.162 e.